The van der Waals surface area contributed by atoms with E-state index >= 15 is 0 Å². The van der Waals surface area contributed by atoms with E-state index in [0.717, 1.165) is 14.7 Å². The molecule has 0 aliphatic rings. The first-order valence-electron chi connectivity index (χ1n) is 9.71. The van der Waals surface area contributed by atoms with Gasteiger partial charge in [-0.2, -0.15) is 0 Å². The Balaban J connectivity index is 1.55. The number of nitrogen functional groups attached to an aromatic ring is 1. The molecular weight excluding hydrogens is 554 g/mol. The molecule has 1 unspecified atom stereocenters. The second-order valence-corrected chi connectivity index (χ2v) is 10.4. The first-order chi connectivity index (χ1) is 15.7. The third-order valence-electron chi connectivity index (χ3n) is 4.92. The van der Waals surface area contributed by atoms with Crippen LogP contribution in [0.25, 0.3) is 11.1 Å². The van der Waals surface area contributed by atoms with Gasteiger partial charge in [-0.25, -0.2) is 18.4 Å². The summed E-state index contributed by atoms with van der Waals surface area (Å²) in [4.78, 5) is 17.1. The van der Waals surface area contributed by atoms with Crippen molar-refractivity contribution in [1.82, 2.24) is 4.98 Å². The highest BCUT2D eigenvalue weighted by molar-refractivity contribution is 14.1. The predicted molar refractivity (Wildman–Crippen MR) is 135 cm³/mol. The monoisotopic (exact) mass is 572 g/mol. The highest BCUT2D eigenvalue weighted by atomic mass is 127. The molecule has 0 fully saturated rings. The van der Waals surface area contributed by atoms with E-state index in [9.17, 15) is 13.4 Å². The number of rotatable bonds is 5. The zero-order valence-corrected chi connectivity index (χ0v) is 20.1. The first kappa shape index (κ1) is 22.9. The lowest BCUT2D eigenvalue weighted by Crippen LogP contribution is -2.13. The number of carbonyl (C=O) groups is 1. The van der Waals surface area contributed by atoms with E-state index in [1.165, 1.54) is 36.4 Å². The highest BCUT2D eigenvalue weighted by Crippen LogP contribution is 2.28. The minimum atomic E-state index is -3.30. The number of hydrogen-bond acceptors (Lipinski definition) is 5. The maximum absolute atomic E-state index is 13.2. The maximum Gasteiger partial charge on any atom is 0.255 e. The summed E-state index contributed by atoms with van der Waals surface area (Å²) in [5, 5.41) is 2.93. The van der Waals surface area contributed by atoms with Crippen molar-refractivity contribution in [2.75, 3.05) is 11.1 Å². The first-order valence-corrected chi connectivity index (χ1v) is 12.3. The van der Waals surface area contributed by atoms with E-state index in [4.69, 9.17) is 10.5 Å². The number of nitrogens with two attached hydrogens (primary N) is 1. The molecule has 4 aromatic rings. The molecule has 0 radical (unpaired) electrons. The highest BCUT2D eigenvalue weighted by Gasteiger charge is 2.16. The van der Waals surface area contributed by atoms with E-state index < -0.39 is 15.6 Å². The lowest BCUT2D eigenvalue weighted by Gasteiger charge is -2.12. The summed E-state index contributed by atoms with van der Waals surface area (Å²) in [5.74, 6) is -0.742. The van der Waals surface area contributed by atoms with Crippen molar-refractivity contribution in [2.24, 2.45) is 0 Å². The molecule has 4 N–H and O–H groups in total. The van der Waals surface area contributed by atoms with Crippen LogP contribution in [0.5, 0.6) is 0 Å². The minimum Gasteiger partial charge on any atom is -0.397 e. The third kappa shape index (κ3) is 5.04. The number of pyridine rings is 1. The summed E-state index contributed by atoms with van der Waals surface area (Å²) in [6.45, 7) is 0. The SMILES string of the molecule is N=S(=O)(c1ccc(C(=O)Nc2cc(-c3ccc(F)cc3)ccc2N)cc1)c1ccc(I)cn1. The van der Waals surface area contributed by atoms with E-state index in [2.05, 4.69) is 32.9 Å². The van der Waals surface area contributed by atoms with Gasteiger partial charge in [0.2, 0.25) is 0 Å². The molecule has 0 spiro atoms. The number of amides is 1. The number of halogens is 2. The van der Waals surface area contributed by atoms with E-state index in [-0.39, 0.29) is 15.7 Å². The molecule has 9 heteroatoms. The standard InChI is InChI=1S/C24H18FIN4O2S/c25-18-6-1-15(2-7-18)17-5-11-21(27)22(13-17)30-24(31)16-3-9-20(10-4-16)33(28,32)23-12-8-19(26)14-29-23/h1-14,28H,27H2,(H,30,31). The van der Waals surface area contributed by atoms with E-state index in [0.29, 0.717) is 16.9 Å². The number of aromatic nitrogens is 1. The molecule has 4 rings (SSSR count). The van der Waals surface area contributed by atoms with E-state index in [1.54, 1.807) is 48.7 Å². The fourth-order valence-electron chi connectivity index (χ4n) is 3.13. The van der Waals surface area contributed by atoms with Gasteiger partial charge in [0.25, 0.3) is 5.91 Å². The zero-order valence-electron chi connectivity index (χ0n) is 17.1. The summed E-state index contributed by atoms with van der Waals surface area (Å²) >= 11 is 2.08. The average Bonchev–Trinajstić information content (AvgIpc) is 2.81. The summed E-state index contributed by atoms with van der Waals surface area (Å²) in [7, 11) is -3.30. The van der Waals surface area contributed by atoms with Crippen LogP contribution in [0.15, 0.2) is 95.0 Å². The molecule has 0 saturated heterocycles. The molecule has 0 aliphatic heterocycles. The lowest BCUT2D eigenvalue weighted by atomic mass is 10.0. The Labute approximate surface area is 204 Å². The number of nitrogens with zero attached hydrogens (tertiary/aromatic N) is 1. The van der Waals surface area contributed by atoms with Gasteiger partial charge < -0.3 is 11.1 Å². The normalized spacial score (nSPS) is 12.7. The van der Waals surface area contributed by atoms with Crippen LogP contribution in [0.3, 0.4) is 0 Å². The largest absolute Gasteiger partial charge is 0.397 e. The number of carbonyl (C=O) groups excluding carboxylic acids is 1. The van der Waals surface area contributed by atoms with Crippen molar-refractivity contribution in [1.29, 1.82) is 4.78 Å². The van der Waals surface area contributed by atoms with Crippen LogP contribution < -0.4 is 11.1 Å². The van der Waals surface area contributed by atoms with E-state index in [1.807, 2.05) is 0 Å². The van der Waals surface area contributed by atoms with Gasteiger partial charge in [0, 0.05) is 15.3 Å². The smallest absolute Gasteiger partial charge is 0.255 e. The van der Waals surface area contributed by atoms with Crippen LogP contribution in [0, 0.1) is 14.2 Å². The van der Waals surface area contributed by atoms with Gasteiger partial charge in [-0.3, -0.25) is 4.79 Å². The fraction of sp³-hybridized carbons (Fsp3) is 0. The van der Waals surface area contributed by atoms with Crippen molar-refractivity contribution in [3.05, 3.63) is 100 Å². The summed E-state index contributed by atoms with van der Waals surface area (Å²) < 4.78 is 35.4. The molecule has 1 aromatic heterocycles. The minimum absolute atomic E-state index is 0.158. The van der Waals surface area contributed by atoms with Crippen LogP contribution in [0.4, 0.5) is 15.8 Å². The Morgan fingerprint density at radius 1 is 0.970 bits per heavy atom. The van der Waals surface area contributed by atoms with Crippen LogP contribution in [0.1, 0.15) is 10.4 Å². The van der Waals surface area contributed by atoms with Crippen LogP contribution in [0.2, 0.25) is 0 Å². The van der Waals surface area contributed by atoms with Gasteiger partial charge in [-0.15, -0.1) is 0 Å². The maximum atomic E-state index is 13.2. The van der Waals surface area contributed by atoms with Crippen molar-refractivity contribution in [2.45, 2.75) is 9.92 Å². The molecule has 166 valence electrons. The van der Waals surface area contributed by atoms with Gasteiger partial charge >= 0.3 is 0 Å². The van der Waals surface area contributed by atoms with Crippen molar-refractivity contribution in [3.8, 4) is 11.1 Å². The van der Waals surface area contributed by atoms with Crippen molar-refractivity contribution < 1.29 is 13.4 Å². The molecule has 3 aromatic carbocycles. The topological polar surface area (TPSA) is 109 Å². The lowest BCUT2D eigenvalue weighted by molar-refractivity contribution is 0.102. The Hall–Kier alpha value is -3.31. The van der Waals surface area contributed by atoms with Gasteiger partial charge in [0.15, 0.2) is 0 Å². The second-order valence-electron chi connectivity index (χ2n) is 7.16. The fourth-order valence-corrected chi connectivity index (χ4v) is 4.67. The molecule has 1 amide bonds. The quantitative estimate of drug-likeness (QED) is 0.208. The third-order valence-corrected chi connectivity index (χ3v) is 7.33. The molecular formula is C24H18FIN4O2S. The Kier molecular flexibility index (Phi) is 6.43. The molecule has 33 heavy (non-hydrogen) atoms. The number of hydrogen-bond donors (Lipinski definition) is 3. The molecule has 1 heterocycles. The van der Waals surface area contributed by atoms with Gasteiger partial charge in [-0.1, -0.05) is 18.2 Å². The number of benzene rings is 3. The molecule has 6 nitrogen and oxygen atoms in total. The van der Waals surface area contributed by atoms with Crippen LogP contribution in [-0.2, 0) is 9.73 Å². The molecule has 1 atom stereocenters. The predicted octanol–water partition coefficient (Wildman–Crippen LogP) is 5.79. The van der Waals surface area contributed by atoms with Crippen molar-refractivity contribution in [3.63, 3.8) is 0 Å². The number of anilines is 2. The van der Waals surface area contributed by atoms with Gasteiger partial charge in [0.1, 0.15) is 20.6 Å². The zero-order chi connectivity index (χ0) is 23.6. The van der Waals surface area contributed by atoms with Gasteiger partial charge in [-0.05, 0) is 94.4 Å². The van der Waals surface area contributed by atoms with Gasteiger partial charge in [0.05, 0.1) is 16.3 Å². The molecule has 0 saturated carbocycles. The Morgan fingerprint density at radius 2 is 1.64 bits per heavy atom. The summed E-state index contributed by atoms with van der Waals surface area (Å²) in [6.07, 6.45) is 1.55. The molecule has 0 bridgehead atoms. The Morgan fingerprint density at radius 3 is 2.27 bits per heavy atom. The number of nitrogens with one attached hydrogen (secondary N) is 2. The van der Waals surface area contributed by atoms with Crippen molar-refractivity contribution >= 4 is 49.6 Å². The van der Waals surface area contributed by atoms with Crippen LogP contribution >= 0.6 is 22.6 Å². The average molecular weight is 572 g/mol. The molecule has 0 aliphatic carbocycles. The summed E-state index contributed by atoms with van der Waals surface area (Å²) in [5.41, 5.74) is 8.69. The Bertz CT molecular complexity index is 1420. The van der Waals surface area contributed by atoms with Crippen LogP contribution in [-0.4, -0.2) is 15.1 Å². The summed E-state index contributed by atoms with van der Waals surface area (Å²) in [6, 6.07) is 20.5. The second kappa shape index (κ2) is 9.28.